The third kappa shape index (κ3) is 2.58. The number of fused-ring (bicyclic) bond motifs is 2. The Balaban J connectivity index is 1.91. The van der Waals surface area contributed by atoms with E-state index in [-0.39, 0.29) is 17.7 Å². The minimum Gasteiger partial charge on any atom is -0.481 e. The van der Waals surface area contributed by atoms with Gasteiger partial charge < -0.3 is 10.4 Å². The molecule has 1 aromatic rings. The first-order valence-electron chi connectivity index (χ1n) is 7.86. The molecule has 120 valence electrons. The van der Waals surface area contributed by atoms with Crippen molar-refractivity contribution in [3.63, 3.8) is 0 Å². The second-order valence-corrected chi connectivity index (χ2v) is 6.64. The van der Waals surface area contributed by atoms with Crippen molar-refractivity contribution in [3.8, 4) is 0 Å². The van der Waals surface area contributed by atoms with E-state index in [1.807, 2.05) is 57.2 Å². The van der Waals surface area contributed by atoms with Gasteiger partial charge in [0.15, 0.2) is 0 Å². The molecule has 2 aliphatic rings. The summed E-state index contributed by atoms with van der Waals surface area (Å²) in [6, 6.07) is 7.54. The van der Waals surface area contributed by atoms with Gasteiger partial charge in [-0.25, -0.2) is 0 Å². The zero-order valence-corrected chi connectivity index (χ0v) is 13.5. The number of carbonyl (C=O) groups is 2. The number of aliphatic carboxylic acids is 1. The molecular weight excluding hydrogens is 290 g/mol. The van der Waals surface area contributed by atoms with E-state index in [2.05, 4.69) is 5.32 Å². The molecule has 1 aromatic carbocycles. The number of nitrogens with one attached hydrogen (secondary N) is 1. The lowest BCUT2D eigenvalue weighted by Crippen LogP contribution is -2.36. The van der Waals surface area contributed by atoms with Gasteiger partial charge >= 0.3 is 5.97 Å². The summed E-state index contributed by atoms with van der Waals surface area (Å²) in [5.41, 5.74) is 3.98. The monoisotopic (exact) mass is 311 g/mol. The van der Waals surface area contributed by atoms with Gasteiger partial charge in [0.1, 0.15) is 0 Å². The Hall–Kier alpha value is -2.36. The molecule has 2 bridgehead atoms. The first-order valence-corrected chi connectivity index (χ1v) is 7.86. The molecule has 4 nitrogen and oxygen atoms in total. The number of rotatable bonds is 3. The van der Waals surface area contributed by atoms with Gasteiger partial charge in [-0.2, -0.15) is 0 Å². The van der Waals surface area contributed by atoms with E-state index in [1.165, 1.54) is 0 Å². The molecule has 0 heterocycles. The lowest BCUT2D eigenvalue weighted by molar-refractivity contribution is -0.146. The number of carbonyl (C=O) groups excluding carboxylic acids is 1. The summed E-state index contributed by atoms with van der Waals surface area (Å²) < 4.78 is 0. The lowest BCUT2D eigenvalue weighted by atomic mass is 9.82. The van der Waals surface area contributed by atoms with E-state index in [1.54, 1.807) is 0 Å². The molecule has 0 radical (unpaired) electrons. The van der Waals surface area contributed by atoms with Crippen molar-refractivity contribution >= 4 is 17.6 Å². The Bertz CT molecular complexity index is 728. The zero-order chi connectivity index (χ0) is 16.7. The van der Waals surface area contributed by atoms with Crippen LogP contribution in [0.1, 0.15) is 19.4 Å². The van der Waals surface area contributed by atoms with E-state index in [0.717, 1.165) is 16.7 Å². The van der Waals surface area contributed by atoms with Crippen LogP contribution in [0.2, 0.25) is 0 Å². The van der Waals surface area contributed by atoms with Crippen molar-refractivity contribution in [2.75, 3.05) is 5.32 Å². The topological polar surface area (TPSA) is 66.4 Å². The van der Waals surface area contributed by atoms with Crippen molar-refractivity contribution in [1.82, 2.24) is 0 Å². The first kappa shape index (κ1) is 15.5. The van der Waals surface area contributed by atoms with Crippen LogP contribution in [-0.2, 0) is 9.59 Å². The van der Waals surface area contributed by atoms with Crippen LogP contribution in [0.15, 0.2) is 47.6 Å². The van der Waals surface area contributed by atoms with Gasteiger partial charge in [-0.1, -0.05) is 35.4 Å². The maximum Gasteiger partial charge on any atom is 0.308 e. The summed E-state index contributed by atoms with van der Waals surface area (Å²) in [6.07, 6.45) is 3.94. The number of amides is 1. The molecule has 0 spiro atoms. The molecule has 3 rings (SSSR count). The van der Waals surface area contributed by atoms with Crippen molar-refractivity contribution in [2.45, 2.75) is 20.8 Å². The molecule has 4 heteroatoms. The molecule has 0 unspecified atom stereocenters. The van der Waals surface area contributed by atoms with Crippen LogP contribution in [0.25, 0.3) is 0 Å². The van der Waals surface area contributed by atoms with Gasteiger partial charge in [0.25, 0.3) is 0 Å². The van der Waals surface area contributed by atoms with Crippen molar-refractivity contribution in [2.24, 2.45) is 23.7 Å². The maximum atomic E-state index is 12.8. The Morgan fingerprint density at radius 3 is 2.30 bits per heavy atom. The van der Waals surface area contributed by atoms with Gasteiger partial charge in [-0.05, 0) is 38.5 Å². The molecule has 1 saturated carbocycles. The highest BCUT2D eigenvalue weighted by molar-refractivity contribution is 5.97. The summed E-state index contributed by atoms with van der Waals surface area (Å²) in [5, 5.41) is 12.5. The first-order chi connectivity index (χ1) is 10.9. The molecule has 0 saturated heterocycles. The molecule has 2 aliphatic carbocycles. The Morgan fingerprint density at radius 1 is 1.09 bits per heavy atom. The minimum atomic E-state index is -0.898. The summed E-state index contributed by atoms with van der Waals surface area (Å²) >= 11 is 0. The number of aryl methyl sites for hydroxylation is 1. The van der Waals surface area contributed by atoms with Crippen LogP contribution in [0.4, 0.5) is 5.69 Å². The summed E-state index contributed by atoms with van der Waals surface area (Å²) in [4.78, 5) is 24.5. The van der Waals surface area contributed by atoms with Crippen molar-refractivity contribution in [1.29, 1.82) is 0 Å². The number of hydrogen-bond acceptors (Lipinski definition) is 2. The molecule has 1 fully saturated rings. The molecule has 0 aromatic heterocycles. The number of carboxylic acids is 1. The van der Waals surface area contributed by atoms with Gasteiger partial charge in [0.2, 0.25) is 5.91 Å². The number of allylic oxidation sites excluding steroid dienone is 4. The second kappa shape index (κ2) is 5.69. The number of anilines is 1. The molecule has 2 N–H and O–H groups in total. The average molecular weight is 311 g/mol. The Kier molecular flexibility index (Phi) is 3.84. The largest absolute Gasteiger partial charge is 0.481 e. The van der Waals surface area contributed by atoms with E-state index in [4.69, 9.17) is 0 Å². The van der Waals surface area contributed by atoms with Gasteiger partial charge in [-0.3, -0.25) is 9.59 Å². The van der Waals surface area contributed by atoms with Crippen LogP contribution in [0.5, 0.6) is 0 Å². The predicted molar refractivity (Wildman–Crippen MR) is 88.9 cm³/mol. The standard InChI is InChI=1S/C19H21NO3/c1-10(2)15-13-7-8-14(15)17(19(22)23)16(13)18(21)20-12-6-4-5-11(3)9-12/h4-9,13-14,16-17H,1-3H3,(H,20,21)(H,22,23)/t13-,14-,16-,17-/m1/s1. The highest BCUT2D eigenvalue weighted by atomic mass is 16.4. The minimum absolute atomic E-state index is 0.101. The third-order valence-corrected chi connectivity index (χ3v) is 4.86. The van der Waals surface area contributed by atoms with Crippen LogP contribution >= 0.6 is 0 Å². The normalized spacial score (nSPS) is 28.0. The smallest absolute Gasteiger partial charge is 0.308 e. The van der Waals surface area contributed by atoms with E-state index < -0.39 is 17.8 Å². The fraction of sp³-hybridized carbons (Fsp3) is 0.368. The highest BCUT2D eigenvalue weighted by Gasteiger charge is 2.54. The van der Waals surface area contributed by atoms with E-state index in [9.17, 15) is 14.7 Å². The fourth-order valence-corrected chi connectivity index (χ4v) is 3.99. The molecular formula is C19H21NO3. The number of benzene rings is 1. The summed E-state index contributed by atoms with van der Waals surface area (Å²) in [7, 11) is 0. The summed E-state index contributed by atoms with van der Waals surface area (Å²) in [5.74, 6) is -2.59. The SMILES string of the molecule is CC(C)=C1[C@H]2C=C[C@H]1[C@@H](C(=O)Nc1cccc(C)c1)[C@@H]2C(=O)O. The third-order valence-electron chi connectivity index (χ3n) is 4.86. The van der Waals surface area contributed by atoms with Gasteiger partial charge in [0, 0.05) is 17.5 Å². The average Bonchev–Trinajstić information content (AvgIpc) is 3.02. The van der Waals surface area contributed by atoms with Crippen LogP contribution in [0.3, 0.4) is 0 Å². The summed E-state index contributed by atoms with van der Waals surface area (Å²) in [6.45, 7) is 5.93. The van der Waals surface area contributed by atoms with Crippen molar-refractivity contribution in [3.05, 3.63) is 53.1 Å². The Labute approximate surface area is 135 Å². The molecule has 23 heavy (non-hydrogen) atoms. The highest BCUT2D eigenvalue weighted by Crippen LogP contribution is 2.53. The maximum absolute atomic E-state index is 12.8. The number of hydrogen-bond donors (Lipinski definition) is 2. The second-order valence-electron chi connectivity index (χ2n) is 6.64. The van der Waals surface area contributed by atoms with E-state index in [0.29, 0.717) is 5.69 Å². The zero-order valence-electron chi connectivity index (χ0n) is 13.5. The lowest BCUT2D eigenvalue weighted by Gasteiger charge is -2.23. The van der Waals surface area contributed by atoms with Crippen LogP contribution < -0.4 is 5.32 Å². The van der Waals surface area contributed by atoms with Crippen LogP contribution in [0, 0.1) is 30.6 Å². The van der Waals surface area contributed by atoms with Crippen LogP contribution in [-0.4, -0.2) is 17.0 Å². The number of carboxylic acid groups (broad SMARTS) is 1. The van der Waals surface area contributed by atoms with Gasteiger partial charge in [-0.15, -0.1) is 0 Å². The van der Waals surface area contributed by atoms with Crippen molar-refractivity contribution < 1.29 is 14.7 Å². The molecule has 4 atom stereocenters. The van der Waals surface area contributed by atoms with Gasteiger partial charge in [0.05, 0.1) is 11.8 Å². The molecule has 0 aliphatic heterocycles. The predicted octanol–water partition coefficient (Wildman–Crippen LogP) is 3.40. The molecule has 1 amide bonds. The fourth-order valence-electron chi connectivity index (χ4n) is 3.99. The van der Waals surface area contributed by atoms with E-state index >= 15 is 0 Å². The quantitative estimate of drug-likeness (QED) is 0.841. The Morgan fingerprint density at radius 2 is 1.74 bits per heavy atom.